The zero-order chi connectivity index (χ0) is 21.9. The number of hydrogen-bond donors (Lipinski definition) is 2. The van der Waals surface area contributed by atoms with E-state index < -0.39 is 0 Å². The second-order valence-electron chi connectivity index (χ2n) is 8.12. The van der Waals surface area contributed by atoms with Crippen LogP contribution < -0.4 is 10.6 Å². The van der Waals surface area contributed by atoms with Gasteiger partial charge in [-0.1, -0.05) is 50.8 Å². The summed E-state index contributed by atoms with van der Waals surface area (Å²) in [6.45, 7) is 4.55. The normalized spacial score (nSPS) is 14.8. The number of rotatable bonds is 13. The topological polar surface area (TPSA) is 94.0 Å². The van der Waals surface area contributed by atoms with Gasteiger partial charge in [0.15, 0.2) is 10.8 Å². The summed E-state index contributed by atoms with van der Waals surface area (Å²) in [4.78, 5) is 21.6. The summed E-state index contributed by atoms with van der Waals surface area (Å²) in [7, 11) is 1.68. The molecule has 2 N–H and O–H groups in total. The van der Waals surface area contributed by atoms with E-state index in [1.165, 1.54) is 32.1 Å². The molecule has 0 radical (unpaired) electrons. The monoisotopic (exact) mass is 448 g/mol. The van der Waals surface area contributed by atoms with Gasteiger partial charge in [0.25, 0.3) is 0 Å². The molecule has 0 saturated heterocycles. The second kappa shape index (κ2) is 12.9. The average molecular weight is 449 g/mol. The summed E-state index contributed by atoms with van der Waals surface area (Å²) in [5.74, 6) is 2.62. The number of ether oxygens (including phenoxy) is 1. The Hall–Kier alpha value is -1.87. The molecule has 1 amide bonds. The molecule has 0 bridgehead atoms. The van der Waals surface area contributed by atoms with Crippen LogP contribution in [-0.4, -0.2) is 58.2 Å². The van der Waals surface area contributed by atoms with Crippen molar-refractivity contribution in [2.75, 3.05) is 37.9 Å². The molecular formula is C22H36N6O2S. The van der Waals surface area contributed by atoms with Crippen molar-refractivity contribution in [3.8, 4) is 0 Å². The summed E-state index contributed by atoms with van der Waals surface area (Å²) in [5, 5.41) is 12.5. The number of hydrogen-bond acceptors (Lipinski definition) is 7. The van der Waals surface area contributed by atoms with Gasteiger partial charge in [0.2, 0.25) is 5.91 Å². The molecule has 0 aromatic carbocycles. The maximum atomic E-state index is 12.3. The number of fused-ring (bicyclic) bond motifs is 1. The van der Waals surface area contributed by atoms with Crippen molar-refractivity contribution < 1.29 is 9.53 Å². The molecule has 2 heterocycles. The highest BCUT2D eigenvalue weighted by molar-refractivity contribution is 7.99. The molecule has 2 aromatic rings. The van der Waals surface area contributed by atoms with E-state index in [1.54, 1.807) is 25.1 Å². The molecule has 0 aliphatic heterocycles. The van der Waals surface area contributed by atoms with Crippen LogP contribution in [0.4, 0.5) is 5.82 Å². The third-order valence-electron chi connectivity index (χ3n) is 5.66. The summed E-state index contributed by atoms with van der Waals surface area (Å²) in [5.41, 5.74) is 0.796. The van der Waals surface area contributed by atoms with Gasteiger partial charge in [-0.2, -0.15) is 5.10 Å². The third-order valence-corrected chi connectivity index (χ3v) is 6.71. The van der Waals surface area contributed by atoms with Crippen molar-refractivity contribution in [1.82, 2.24) is 25.1 Å². The fourth-order valence-corrected chi connectivity index (χ4v) is 4.66. The van der Waals surface area contributed by atoms with E-state index in [2.05, 4.69) is 27.6 Å². The van der Waals surface area contributed by atoms with E-state index in [9.17, 15) is 4.79 Å². The summed E-state index contributed by atoms with van der Waals surface area (Å²) in [6.07, 6.45) is 11.1. The smallest absolute Gasteiger partial charge is 0.220 e. The largest absolute Gasteiger partial charge is 0.383 e. The number of nitrogens with zero attached hydrogens (tertiary/aromatic N) is 4. The van der Waals surface area contributed by atoms with E-state index in [1.807, 2.05) is 4.68 Å². The van der Waals surface area contributed by atoms with E-state index >= 15 is 0 Å². The molecule has 1 saturated carbocycles. The van der Waals surface area contributed by atoms with Crippen molar-refractivity contribution >= 4 is 34.5 Å². The third kappa shape index (κ3) is 7.35. The first-order valence-electron chi connectivity index (χ1n) is 11.6. The van der Waals surface area contributed by atoms with Gasteiger partial charge in [0, 0.05) is 32.4 Å². The molecule has 1 fully saturated rings. The minimum atomic E-state index is 0.137. The van der Waals surface area contributed by atoms with Crippen LogP contribution in [0.5, 0.6) is 0 Å². The van der Waals surface area contributed by atoms with Crippen LogP contribution in [0.1, 0.15) is 58.3 Å². The lowest BCUT2D eigenvalue weighted by Gasteiger charge is -2.20. The van der Waals surface area contributed by atoms with Crippen LogP contribution in [0, 0.1) is 5.92 Å². The second-order valence-corrected chi connectivity index (χ2v) is 9.18. The predicted molar refractivity (Wildman–Crippen MR) is 126 cm³/mol. The summed E-state index contributed by atoms with van der Waals surface area (Å²) in [6, 6.07) is 0. The van der Waals surface area contributed by atoms with Gasteiger partial charge in [-0.3, -0.25) is 4.79 Å². The minimum Gasteiger partial charge on any atom is -0.383 e. The van der Waals surface area contributed by atoms with Crippen LogP contribution in [0.25, 0.3) is 11.0 Å². The molecule has 2 aromatic heterocycles. The van der Waals surface area contributed by atoms with Crippen LogP contribution in [0.15, 0.2) is 11.4 Å². The number of carbonyl (C=O) groups is 1. The molecule has 0 atom stereocenters. The van der Waals surface area contributed by atoms with Crippen LogP contribution in [-0.2, 0) is 16.1 Å². The number of aromatic nitrogens is 4. The van der Waals surface area contributed by atoms with Crippen molar-refractivity contribution in [2.24, 2.45) is 5.92 Å². The van der Waals surface area contributed by atoms with Gasteiger partial charge in [-0.05, 0) is 18.8 Å². The van der Waals surface area contributed by atoms with E-state index in [0.717, 1.165) is 46.5 Å². The fourth-order valence-electron chi connectivity index (χ4n) is 3.96. The van der Waals surface area contributed by atoms with Gasteiger partial charge >= 0.3 is 0 Å². The standard InChI is InChI=1S/C22H36N6O2S/c1-3-15-31-22-26-20(24-12-14-30-2)18-16-25-28(21(18)27-22)13-11-23-19(29)10-9-17-7-5-4-6-8-17/h16-17H,3-15H2,1-2H3,(H,23,29)(H,24,26,27). The van der Waals surface area contributed by atoms with Crippen molar-refractivity contribution in [1.29, 1.82) is 0 Å². The highest BCUT2D eigenvalue weighted by atomic mass is 32.2. The highest BCUT2D eigenvalue weighted by Gasteiger charge is 2.16. The first kappa shape index (κ1) is 23.8. The van der Waals surface area contributed by atoms with Crippen molar-refractivity contribution in [2.45, 2.75) is 70.0 Å². The Balaban J connectivity index is 1.57. The van der Waals surface area contributed by atoms with Gasteiger partial charge in [0.1, 0.15) is 5.82 Å². The number of thioether (sulfide) groups is 1. The summed E-state index contributed by atoms with van der Waals surface area (Å²) < 4.78 is 6.99. The molecule has 1 aliphatic rings. The number of amides is 1. The Morgan fingerprint density at radius 3 is 2.87 bits per heavy atom. The zero-order valence-corrected chi connectivity index (χ0v) is 19.7. The van der Waals surface area contributed by atoms with Crippen LogP contribution in [0.3, 0.4) is 0 Å². The first-order chi connectivity index (χ1) is 15.2. The molecule has 8 nitrogen and oxygen atoms in total. The lowest BCUT2D eigenvalue weighted by Crippen LogP contribution is -2.28. The van der Waals surface area contributed by atoms with E-state index in [4.69, 9.17) is 9.72 Å². The Morgan fingerprint density at radius 1 is 1.26 bits per heavy atom. The van der Waals surface area contributed by atoms with Crippen molar-refractivity contribution in [3.63, 3.8) is 0 Å². The number of carbonyl (C=O) groups excluding carboxylic acids is 1. The minimum absolute atomic E-state index is 0.137. The molecule has 9 heteroatoms. The maximum absolute atomic E-state index is 12.3. The Bertz CT molecular complexity index is 822. The number of methoxy groups -OCH3 is 1. The average Bonchev–Trinajstić information content (AvgIpc) is 3.20. The number of anilines is 1. The quantitative estimate of drug-likeness (QED) is 0.273. The Labute approximate surface area is 189 Å². The van der Waals surface area contributed by atoms with Gasteiger partial charge < -0.3 is 15.4 Å². The van der Waals surface area contributed by atoms with Gasteiger partial charge in [-0.25, -0.2) is 14.6 Å². The molecule has 172 valence electrons. The molecule has 3 rings (SSSR count). The highest BCUT2D eigenvalue weighted by Crippen LogP contribution is 2.27. The van der Waals surface area contributed by atoms with Crippen molar-refractivity contribution in [3.05, 3.63) is 6.20 Å². The lowest BCUT2D eigenvalue weighted by molar-refractivity contribution is -0.121. The molecule has 31 heavy (non-hydrogen) atoms. The molecular weight excluding hydrogens is 412 g/mol. The van der Waals surface area contributed by atoms with E-state index in [-0.39, 0.29) is 5.91 Å². The lowest BCUT2D eigenvalue weighted by atomic mass is 9.86. The fraction of sp³-hybridized carbons (Fsp3) is 0.727. The van der Waals surface area contributed by atoms with Crippen LogP contribution in [0.2, 0.25) is 0 Å². The van der Waals surface area contributed by atoms with Gasteiger partial charge in [-0.15, -0.1) is 0 Å². The van der Waals surface area contributed by atoms with E-state index in [0.29, 0.717) is 32.7 Å². The van der Waals surface area contributed by atoms with Crippen LogP contribution >= 0.6 is 11.8 Å². The Morgan fingerprint density at radius 2 is 2.10 bits per heavy atom. The maximum Gasteiger partial charge on any atom is 0.220 e. The zero-order valence-electron chi connectivity index (χ0n) is 18.9. The molecule has 0 unspecified atom stereocenters. The van der Waals surface area contributed by atoms with Gasteiger partial charge in [0.05, 0.1) is 24.7 Å². The Kier molecular flexibility index (Phi) is 9.86. The SMILES string of the molecule is CCCSc1nc(NCCOC)c2cnn(CCNC(=O)CCC3CCCCC3)c2n1. The first-order valence-corrected chi connectivity index (χ1v) is 12.6. The molecule has 1 aliphatic carbocycles. The molecule has 0 spiro atoms. The number of nitrogens with one attached hydrogen (secondary N) is 2. The summed E-state index contributed by atoms with van der Waals surface area (Å²) >= 11 is 1.65. The predicted octanol–water partition coefficient (Wildman–Crippen LogP) is 3.86.